The molecule has 0 saturated carbocycles. The lowest BCUT2D eigenvalue weighted by molar-refractivity contribution is -0.144. The minimum absolute atomic E-state index is 0.0754. The van der Waals surface area contributed by atoms with Gasteiger partial charge in [-0.2, -0.15) is 18.4 Å². The van der Waals surface area contributed by atoms with E-state index in [1.165, 1.54) is 12.1 Å². The molecule has 2 bridgehead atoms. The van der Waals surface area contributed by atoms with Gasteiger partial charge in [-0.3, -0.25) is 14.5 Å². The Morgan fingerprint density at radius 3 is 2.66 bits per heavy atom. The topological polar surface area (TPSA) is 67.7 Å². The fourth-order valence-corrected chi connectivity index (χ4v) is 5.55. The first-order chi connectivity index (χ1) is 15.1. The molecule has 5 atom stereocenters. The zero-order valence-corrected chi connectivity index (χ0v) is 18.2. The van der Waals surface area contributed by atoms with E-state index in [1.807, 2.05) is 11.8 Å². The first-order valence-corrected chi connectivity index (χ1v) is 11.1. The molecule has 0 N–H and O–H groups in total. The van der Waals surface area contributed by atoms with Crippen molar-refractivity contribution in [1.29, 1.82) is 5.26 Å². The molecule has 32 heavy (non-hydrogen) atoms. The smallest absolute Gasteiger partial charge is 0.330 e. The Bertz CT molecular complexity index is 944. The van der Waals surface area contributed by atoms with Crippen LogP contribution in [0.25, 0.3) is 0 Å². The molecule has 1 aromatic rings. The van der Waals surface area contributed by atoms with Crippen molar-refractivity contribution in [3.63, 3.8) is 0 Å². The van der Waals surface area contributed by atoms with Crippen molar-refractivity contribution in [3.8, 4) is 6.07 Å². The summed E-state index contributed by atoms with van der Waals surface area (Å²) in [5, 5.41) is 9.24. The molecule has 3 aliphatic heterocycles. The van der Waals surface area contributed by atoms with Crippen molar-refractivity contribution in [3.05, 3.63) is 35.4 Å². The largest absolute Gasteiger partial charge is 0.416 e. The van der Waals surface area contributed by atoms with Crippen molar-refractivity contribution in [2.24, 2.45) is 5.92 Å². The molecular weight excluding hydrogens is 421 g/mol. The van der Waals surface area contributed by atoms with E-state index in [2.05, 4.69) is 6.07 Å². The van der Waals surface area contributed by atoms with Crippen LogP contribution >= 0.6 is 0 Å². The van der Waals surface area contributed by atoms with Gasteiger partial charge in [-0.25, -0.2) is 0 Å². The summed E-state index contributed by atoms with van der Waals surface area (Å²) in [4.78, 5) is 31.1. The number of rotatable bonds is 5. The molecule has 3 saturated heterocycles. The number of benzene rings is 1. The first-order valence-electron chi connectivity index (χ1n) is 11.1. The highest BCUT2D eigenvalue weighted by atomic mass is 19.4. The predicted molar refractivity (Wildman–Crippen MR) is 110 cm³/mol. The average Bonchev–Trinajstić information content (AvgIpc) is 3.46. The molecule has 3 heterocycles. The molecule has 0 spiro atoms. The van der Waals surface area contributed by atoms with Crippen molar-refractivity contribution in [2.75, 3.05) is 19.6 Å². The number of fused-ring (bicyclic) bond motifs is 2. The molecule has 9 heteroatoms. The van der Waals surface area contributed by atoms with Crippen LogP contribution < -0.4 is 0 Å². The van der Waals surface area contributed by atoms with Crippen LogP contribution in [0.15, 0.2) is 24.3 Å². The van der Waals surface area contributed by atoms with Gasteiger partial charge in [0.15, 0.2) is 0 Å². The lowest BCUT2D eigenvalue weighted by Crippen LogP contribution is -2.53. The predicted octanol–water partition coefficient (Wildman–Crippen LogP) is 3.20. The number of piperazine rings is 1. The lowest BCUT2D eigenvalue weighted by Gasteiger charge is -2.39. The van der Waals surface area contributed by atoms with Gasteiger partial charge in [-0.1, -0.05) is 25.1 Å². The fraction of sp³-hybridized carbons (Fsp3) is 0.609. The summed E-state index contributed by atoms with van der Waals surface area (Å²) in [6.07, 6.45) is -2.42. The second-order valence-electron chi connectivity index (χ2n) is 9.09. The maximum Gasteiger partial charge on any atom is 0.416 e. The fourth-order valence-electron chi connectivity index (χ4n) is 5.55. The van der Waals surface area contributed by atoms with Crippen LogP contribution in [-0.4, -0.2) is 64.3 Å². The summed E-state index contributed by atoms with van der Waals surface area (Å²) in [5.41, 5.74) is -0.607. The number of alkyl halides is 3. The van der Waals surface area contributed by atoms with Gasteiger partial charge >= 0.3 is 6.18 Å². The quantitative estimate of drug-likeness (QED) is 0.694. The van der Waals surface area contributed by atoms with Crippen LogP contribution in [-0.2, 0) is 15.8 Å². The Hall–Kier alpha value is -2.60. The third-order valence-corrected chi connectivity index (χ3v) is 7.06. The summed E-state index contributed by atoms with van der Waals surface area (Å²) in [6.45, 7) is 4.98. The van der Waals surface area contributed by atoms with Crippen LogP contribution in [0.2, 0.25) is 0 Å². The highest BCUT2D eigenvalue weighted by Gasteiger charge is 2.52. The highest BCUT2D eigenvalue weighted by Crippen LogP contribution is 2.42. The Kier molecular flexibility index (Phi) is 5.93. The van der Waals surface area contributed by atoms with E-state index >= 15 is 0 Å². The average molecular weight is 448 g/mol. The molecule has 0 aliphatic carbocycles. The molecule has 6 nitrogen and oxygen atoms in total. The number of likely N-dealkylation sites (tertiary alicyclic amines) is 3. The molecule has 3 fully saturated rings. The van der Waals surface area contributed by atoms with Gasteiger partial charge < -0.3 is 9.80 Å². The number of hydrogen-bond acceptors (Lipinski definition) is 4. The standard InChI is InChI=1S/C23H27F3N4O2/c1-14(21(31)29-9-5-6-16(29)11-27)12-28-13-17-10-20(28)22(32)30(17)15(2)18-7-3-4-8-19(18)23(24,25)26/h3-4,7-8,14-17,20H,5-6,9-10,12-13H2,1-2H3/t14-,15-,16-,17?,20+/m0/s1. The monoisotopic (exact) mass is 448 g/mol. The van der Waals surface area contributed by atoms with Gasteiger partial charge in [0.1, 0.15) is 6.04 Å². The van der Waals surface area contributed by atoms with E-state index < -0.39 is 23.8 Å². The van der Waals surface area contributed by atoms with E-state index in [0.717, 1.165) is 12.5 Å². The van der Waals surface area contributed by atoms with Crippen molar-refractivity contribution < 1.29 is 22.8 Å². The summed E-state index contributed by atoms with van der Waals surface area (Å²) < 4.78 is 40.4. The zero-order chi connectivity index (χ0) is 23.2. The van der Waals surface area contributed by atoms with E-state index in [-0.39, 0.29) is 35.4 Å². The Morgan fingerprint density at radius 1 is 1.28 bits per heavy atom. The SMILES string of the molecule is C[C@@H](CN1CC2C[C@@H]1C(=O)N2[C@@H](C)c1ccccc1C(F)(F)F)C(=O)N1CCC[C@H]1C#N. The molecule has 1 unspecified atom stereocenters. The van der Waals surface area contributed by atoms with Crippen LogP contribution in [0.3, 0.4) is 0 Å². The van der Waals surface area contributed by atoms with E-state index in [9.17, 15) is 28.0 Å². The van der Waals surface area contributed by atoms with E-state index in [0.29, 0.717) is 32.5 Å². The lowest BCUT2D eigenvalue weighted by atomic mass is 9.99. The molecular formula is C23H27F3N4O2. The van der Waals surface area contributed by atoms with Gasteiger partial charge in [0.05, 0.1) is 23.7 Å². The molecule has 4 rings (SSSR count). The number of halogens is 3. The molecule has 1 aromatic carbocycles. The highest BCUT2D eigenvalue weighted by molar-refractivity contribution is 5.86. The third-order valence-electron chi connectivity index (χ3n) is 7.06. The number of nitrogens with zero attached hydrogens (tertiary/aromatic N) is 4. The van der Waals surface area contributed by atoms with Crippen LogP contribution in [0, 0.1) is 17.2 Å². The minimum atomic E-state index is -4.48. The maximum absolute atomic E-state index is 13.5. The summed E-state index contributed by atoms with van der Waals surface area (Å²) in [7, 11) is 0. The number of nitriles is 1. The van der Waals surface area contributed by atoms with Gasteiger partial charge in [0.25, 0.3) is 0 Å². The second-order valence-corrected chi connectivity index (χ2v) is 9.09. The van der Waals surface area contributed by atoms with Crippen LogP contribution in [0.4, 0.5) is 13.2 Å². The van der Waals surface area contributed by atoms with Gasteiger partial charge in [-0.05, 0) is 37.8 Å². The Morgan fingerprint density at radius 2 is 2.00 bits per heavy atom. The molecule has 0 aromatic heterocycles. The summed E-state index contributed by atoms with van der Waals surface area (Å²) in [5.74, 6) is -0.608. The van der Waals surface area contributed by atoms with Crippen LogP contribution in [0.1, 0.15) is 50.3 Å². The van der Waals surface area contributed by atoms with Crippen molar-refractivity contribution >= 4 is 11.8 Å². The summed E-state index contributed by atoms with van der Waals surface area (Å²) in [6, 6.07) is 5.93. The third kappa shape index (κ3) is 3.85. The molecule has 3 aliphatic rings. The van der Waals surface area contributed by atoms with E-state index in [1.54, 1.807) is 22.8 Å². The van der Waals surface area contributed by atoms with E-state index in [4.69, 9.17) is 0 Å². The number of hydrogen-bond donors (Lipinski definition) is 0. The number of carbonyl (C=O) groups is 2. The molecule has 2 amide bonds. The first kappa shape index (κ1) is 22.6. The van der Waals surface area contributed by atoms with Gasteiger partial charge in [0.2, 0.25) is 11.8 Å². The maximum atomic E-state index is 13.5. The van der Waals surface area contributed by atoms with Crippen molar-refractivity contribution in [2.45, 2.75) is 63.5 Å². The van der Waals surface area contributed by atoms with Gasteiger partial charge in [0, 0.05) is 31.6 Å². The zero-order valence-electron chi connectivity index (χ0n) is 18.2. The van der Waals surface area contributed by atoms with Crippen molar-refractivity contribution in [1.82, 2.24) is 14.7 Å². The van der Waals surface area contributed by atoms with Gasteiger partial charge in [-0.15, -0.1) is 0 Å². The minimum Gasteiger partial charge on any atom is -0.330 e. The Balaban J connectivity index is 1.44. The molecule has 0 radical (unpaired) electrons. The normalized spacial score (nSPS) is 27.6. The Labute approximate surface area is 185 Å². The number of carbonyl (C=O) groups excluding carboxylic acids is 2. The number of amides is 2. The second kappa shape index (κ2) is 8.39. The summed E-state index contributed by atoms with van der Waals surface area (Å²) >= 11 is 0. The van der Waals surface area contributed by atoms with Crippen LogP contribution in [0.5, 0.6) is 0 Å². The molecule has 172 valence electrons.